The van der Waals surface area contributed by atoms with Crippen LogP contribution in [0.4, 0.5) is 13.6 Å². The number of rotatable bonds is 2. The van der Waals surface area contributed by atoms with E-state index in [2.05, 4.69) is 4.98 Å². The molecule has 1 fully saturated rings. The van der Waals surface area contributed by atoms with E-state index < -0.39 is 40.9 Å². The molecule has 0 radical (unpaired) electrons. The number of aliphatic hydroxyl groups is 1. The first-order valence-electron chi connectivity index (χ1n) is 7.64. The van der Waals surface area contributed by atoms with E-state index in [0.29, 0.717) is 19.4 Å². The lowest BCUT2D eigenvalue weighted by molar-refractivity contribution is 0.00135. The minimum absolute atomic E-state index is 0.192. The second-order valence-electron chi connectivity index (χ2n) is 6.79. The highest BCUT2D eigenvalue weighted by atomic mass is 19.1. The summed E-state index contributed by atoms with van der Waals surface area (Å²) in [7, 11) is 0. The molecule has 1 aliphatic rings. The summed E-state index contributed by atoms with van der Waals surface area (Å²) in [4.78, 5) is 17.0. The second kappa shape index (κ2) is 6.78. The normalized spacial score (nSPS) is 20.3. The van der Waals surface area contributed by atoms with E-state index in [1.165, 1.54) is 4.90 Å². The number of hydrogen-bond donors (Lipinski definition) is 1. The molecule has 7 heteroatoms. The molecule has 0 bridgehead atoms. The van der Waals surface area contributed by atoms with Crippen molar-refractivity contribution in [1.29, 1.82) is 0 Å². The number of carbonyl (C=O) groups is 1. The van der Waals surface area contributed by atoms with Gasteiger partial charge in [-0.15, -0.1) is 0 Å². The number of ether oxygens (including phenoxy) is 1. The molecule has 23 heavy (non-hydrogen) atoms. The van der Waals surface area contributed by atoms with Crippen molar-refractivity contribution < 1.29 is 23.4 Å². The molecule has 0 aliphatic carbocycles. The number of nitrogens with zero attached hydrogens (tertiary/aromatic N) is 2. The number of likely N-dealkylation sites (tertiary alicyclic amines) is 1. The third-order valence-electron chi connectivity index (χ3n) is 3.74. The van der Waals surface area contributed by atoms with Gasteiger partial charge in [-0.05, 0) is 33.6 Å². The Morgan fingerprint density at radius 1 is 1.39 bits per heavy atom. The van der Waals surface area contributed by atoms with Crippen molar-refractivity contribution in [2.75, 3.05) is 13.1 Å². The molecule has 0 saturated carbocycles. The van der Waals surface area contributed by atoms with Crippen LogP contribution in [0.25, 0.3) is 0 Å². The van der Waals surface area contributed by atoms with E-state index in [1.54, 1.807) is 20.8 Å². The van der Waals surface area contributed by atoms with Crippen LogP contribution in [0.2, 0.25) is 0 Å². The van der Waals surface area contributed by atoms with E-state index in [1.807, 2.05) is 0 Å². The van der Waals surface area contributed by atoms with Crippen LogP contribution < -0.4 is 0 Å². The van der Waals surface area contributed by atoms with E-state index >= 15 is 0 Å². The lowest BCUT2D eigenvalue weighted by Crippen LogP contribution is -2.44. The Balaban J connectivity index is 2.10. The maximum Gasteiger partial charge on any atom is 0.410 e. The van der Waals surface area contributed by atoms with Gasteiger partial charge in [-0.2, -0.15) is 0 Å². The van der Waals surface area contributed by atoms with Crippen LogP contribution in [-0.2, 0) is 4.74 Å². The van der Waals surface area contributed by atoms with Gasteiger partial charge >= 0.3 is 6.09 Å². The molecule has 1 N–H and O–H groups in total. The summed E-state index contributed by atoms with van der Waals surface area (Å²) < 4.78 is 32.8. The zero-order valence-corrected chi connectivity index (χ0v) is 13.6. The van der Waals surface area contributed by atoms with Crippen LogP contribution in [0.1, 0.15) is 45.3 Å². The number of piperidine rings is 1. The van der Waals surface area contributed by atoms with Crippen molar-refractivity contribution in [2.45, 2.75) is 45.3 Å². The molecule has 1 unspecified atom stereocenters. The average molecular weight is 328 g/mol. The third kappa shape index (κ3) is 4.37. The van der Waals surface area contributed by atoms with Crippen LogP contribution >= 0.6 is 0 Å². The van der Waals surface area contributed by atoms with Gasteiger partial charge in [0.1, 0.15) is 17.2 Å². The number of aromatic nitrogens is 1. The molecule has 1 aromatic rings. The second-order valence-corrected chi connectivity index (χ2v) is 6.79. The first kappa shape index (κ1) is 17.6. The predicted molar refractivity (Wildman–Crippen MR) is 79.6 cm³/mol. The fourth-order valence-electron chi connectivity index (χ4n) is 2.70. The highest BCUT2D eigenvalue weighted by Crippen LogP contribution is 2.32. The van der Waals surface area contributed by atoms with Crippen molar-refractivity contribution in [3.05, 3.63) is 29.6 Å². The standard InChI is InChI=1S/C16H22F2N2O3/c1-16(2,3)23-15(22)20-6-4-5-10(9-20)14(21)13-11(17)7-19-8-12(13)18/h7-8,10,14,21H,4-6,9H2,1-3H3/t10-,14?/m1/s1. The topological polar surface area (TPSA) is 62.7 Å². The minimum atomic E-state index is -1.33. The monoisotopic (exact) mass is 328 g/mol. The van der Waals surface area contributed by atoms with Gasteiger partial charge in [0, 0.05) is 19.0 Å². The van der Waals surface area contributed by atoms with E-state index in [0.717, 1.165) is 12.4 Å². The smallest absolute Gasteiger partial charge is 0.410 e. The van der Waals surface area contributed by atoms with Crippen molar-refractivity contribution in [1.82, 2.24) is 9.88 Å². The van der Waals surface area contributed by atoms with E-state index in [9.17, 15) is 18.7 Å². The fourth-order valence-corrected chi connectivity index (χ4v) is 2.70. The molecule has 128 valence electrons. The number of pyridine rings is 1. The molecule has 2 rings (SSSR count). The zero-order chi connectivity index (χ0) is 17.2. The number of hydrogen-bond acceptors (Lipinski definition) is 4. The summed E-state index contributed by atoms with van der Waals surface area (Å²) in [6.07, 6.45) is 1.14. The van der Waals surface area contributed by atoms with Crippen LogP contribution in [0.3, 0.4) is 0 Å². The van der Waals surface area contributed by atoms with Crippen LogP contribution in [0, 0.1) is 17.6 Å². The van der Waals surface area contributed by atoms with Crippen LogP contribution in [0.15, 0.2) is 12.4 Å². The maximum atomic E-state index is 13.8. The van der Waals surface area contributed by atoms with Gasteiger partial charge in [0.25, 0.3) is 0 Å². The highest BCUT2D eigenvalue weighted by molar-refractivity contribution is 5.68. The fraction of sp³-hybridized carbons (Fsp3) is 0.625. The third-order valence-corrected chi connectivity index (χ3v) is 3.74. The Kier molecular flexibility index (Phi) is 5.19. The quantitative estimate of drug-likeness (QED) is 0.906. The van der Waals surface area contributed by atoms with Gasteiger partial charge in [-0.3, -0.25) is 4.98 Å². The first-order chi connectivity index (χ1) is 10.7. The molecule has 2 atom stereocenters. The summed E-state index contributed by atoms with van der Waals surface area (Å²) in [6.45, 7) is 5.99. The lowest BCUT2D eigenvalue weighted by atomic mass is 9.88. The van der Waals surface area contributed by atoms with Gasteiger partial charge in [0.2, 0.25) is 0 Å². The number of halogens is 2. The summed E-state index contributed by atoms with van der Waals surface area (Å²) in [5.41, 5.74) is -1.01. The van der Waals surface area contributed by atoms with Crippen LogP contribution in [0.5, 0.6) is 0 Å². The van der Waals surface area contributed by atoms with Gasteiger partial charge in [-0.1, -0.05) is 0 Å². The van der Waals surface area contributed by atoms with Crippen molar-refractivity contribution in [3.63, 3.8) is 0 Å². The lowest BCUT2D eigenvalue weighted by Gasteiger charge is -2.36. The molecule has 1 saturated heterocycles. The molecule has 1 aromatic heterocycles. The van der Waals surface area contributed by atoms with Crippen molar-refractivity contribution >= 4 is 6.09 Å². The zero-order valence-electron chi connectivity index (χ0n) is 13.6. The number of amides is 1. The van der Waals surface area contributed by atoms with E-state index in [4.69, 9.17) is 4.74 Å². The predicted octanol–water partition coefficient (Wildman–Crippen LogP) is 3.04. The Morgan fingerprint density at radius 2 is 2.00 bits per heavy atom. The molecule has 1 aliphatic heterocycles. The summed E-state index contributed by atoms with van der Waals surface area (Å²) in [5, 5.41) is 10.4. The molecule has 5 nitrogen and oxygen atoms in total. The SMILES string of the molecule is CC(C)(C)OC(=O)N1CCC[C@@H](C(O)c2c(F)cncc2F)C1. The maximum absolute atomic E-state index is 13.8. The Bertz CT molecular complexity index is 555. The summed E-state index contributed by atoms with van der Waals surface area (Å²) in [6, 6.07) is 0. The highest BCUT2D eigenvalue weighted by Gasteiger charge is 2.33. The van der Waals surface area contributed by atoms with Gasteiger partial charge < -0.3 is 14.7 Å². The van der Waals surface area contributed by atoms with E-state index in [-0.39, 0.29) is 6.54 Å². The molecule has 2 heterocycles. The molecule has 1 amide bonds. The Hall–Kier alpha value is -1.76. The molecule has 0 aromatic carbocycles. The number of aliphatic hydroxyl groups excluding tert-OH is 1. The van der Waals surface area contributed by atoms with Gasteiger partial charge in [0.15, 0.2) is 0 Å². The Labute approximate surface area is 134 Å². The number of carbonyl (C=O) groups excluding carboxylic acids is 1. The van der Waals surface area contributed by atoms with Crippen molar-refractivity contribution in [2.24, 2.45) is 5.92 Å². The summed E-state index contributed by atoms with van der Waals surface area (Å²) in [5.74, 6) is -2.22. The minimum Gasteiger partial charge on any atom is -0.444 e. The van der Waals surface area contributed by atoms with Gasteiger partial charge in [-0.25, -0.2) is 13.6 Å². The summed E-state index contributed by atoms with van der Waals surface area (Å²) >= 11 is 0. The Morgan fingerprint density at radius 3 is 2.57 bits per heavy atom. The molecule has 0 spiro atoms. The largest absolute Gasteiger partial charge is 0.444 e. The average Bonchev–Trinajstić information content (AvgIpc) is 2.45. The first-order valence-corrected chi connectivity index (χ1v) is 7.64. The van der Waals surface area contributed by atoms with Crippen LogP contribution in [-0.4, -0.2) is 39.8 Å². The molecular weight excluding hydrogens is 306 g/mol. The molecular formula is C16H22F2N2O3. The van der Waals surface area contributed by atoms with Crippen molar-refractivity contribution in [3.8, 4) is 0 Å². The van der Waals surface area contributed by atoms with Gasteiger partial charge in [0.05, 0.1) is 24.1 Å².